The summed E-state index contributed by atoms with van der Waals surface area (Å²) >= 11 is 5.89. The lowest BCUT2D eigenvalue weighted by atomic mass is 9.89. The van der Waals surface area contributed by atoms with Gasteiger partial charge in [0.05, 0.1) is 18.4 Å². The van der Waals surface area contributed by atoms with E-state index in [1.807, 2.05) is 6.07 Å². The van der Waals surface area contributed by atoms with Crippen LogP contribution in [0.2, 0.25) is 0 Å². The number of rotatable bonds is 6. The lowest BCUT2D eigenvalue weighted by molar-refractivity contribution is 0.415. The number of methoxy groups -OCH3 is 1. The molecule has 0 aliphatic carbocycles. The predicted octanol–water partition coefficient (Wildman–Crippen LogP) is 3.58. The second-order valence-electron chi connectivity index (χ2n) is 5.63. The van der Waals surface area contributed by atoms with E-state index in [4.69, 9.17) is 32.6 Å². The van der Waals surface area contributed by atoms with E-state index in [0.29, 0.717) is 35.2 Å². The van der Waals surface area contributed by atoms with E-state index in [-0.39, 0.29) is 11.1 Å². The molecule has 0 bridgehead atoms. The van der Waals surface area contributed by atoms with Gasteiger partial charge < -0.3 is 10.5 Å². The van der Waals surface area contributed by atoms with Crippen molar-refractivity contribution >= 4 is 22.9 Å². The first kappa shape index (κ1) is 19.4. The Morgan fingerprint density at radius 1 is 1.25 bits per heavy atom. The Bertz CT molecular complexity index is 760. The summed E-state index contributed by atoms with van der Waals surface area (Å²) in [6.45, 7) is 4.14. The molecular weight excluding hydrogens is 324 g/mol. The molecule has 0 heterocycles. The minimum atomic E-state index is -0.268. The molecule has 5 nitrogen and oxygen atoms in total. The first-order chi connectivity index (χ1) is 11.4. The zero-order valence-electron chi connectivity index (χ0n) is 14.0. The number of nitrogens with two attached hydrogens (primary N) is 1. The van der Waals surface area contributed by atoms with Crippen molar-refractivity contribution < 1.29 is 4.74 Å². The summed E-state index contributed by atoms with van der Waals surface area (Å²) in [7, 11) is 1.44. The number of anilines is 1. The molecule has 24 heavy (non-hydrogen) atoms. The number of alkyl halides is 1. The first-order valence-corrected chi connectivity index (χ1v) is 7.97. The minimum absolute atomic E-state index is 0.0361. The molecule has 0 radical (unpaired) electrons. The van der Waals surface area contributed by atoms with Gasteiger partial charge in [-0.25, -0.2) is 0 Å². The van der Waals surface area contributed by atoms with Crippen LogP contribution in [-0.2, 0) is 12.8 Å². The number of hydrogen-bond acceptors (Lipinski definition) is 5. The quantitative estimate of drug-likeness (QED) is 0.483. The molecule has 0 aliphatic rings. The molecule has 0 fully saturated rings. The second-order valence-corrected chi connectivity index (χ2v) is 6.01. The fourth-order valence-electron chi connectivity index (χ4n) is 2.59. The molecule has 6 heteroatoms. The Morgan fingerprint density at radius 2 is 1.88 bits per heavy atom. The average Bonchev–Trinajstić information content (AvgIpc) is 2.55. The van der Waals surface area contributed by atoms with E-state index in [9.17, 15) is 5.26 Å². The van der Waals surface area contributed by atoms with Crippen molar-refractivity contribution in [2.24, 2.45) is 5.92 Å². The molecule has 0 unspecified atom stereocenters. The maximum atomic E-state index is 9.44. The Balaban J connectivity index is 3.83. The van der Waals surface area contributed by atoms with E-state index in [1.165, 1.54) is 7.11 Å². The van der Waals surface area contributed by atoms with Crippen LogP contribution in [0, 0.1) is 39.9 Å². The molecular formula is C18H19ClN4O. The predicted molar refractivity (Wildman–Crippen MR) is 94.1 cm³/mol. The molecule has 1 rings (SSSR count). The second kappa shape index (κ2) is 8.82. The summed E-state index contributed by atoms with van der Waals surface area (Å²) < 4.78 is 5.37. The molecule has 1 aromatic carbocycles. The van der Waals surface area contributed by atoms with E-state index in [0.717, 1.165) is 17.5 Å². The number of benzene rings is 1. The molecule has 0 saturated heterocycles. The van der Waals surface area contributed by atoms with Gasteiger partial charge in [0, 0.05) is 11.4 Å². The average molecular weight is 343 g/mol. The maximum absolute atomic E-state index is 9.44. The number of hydrogen-bond donors (Lipinski definition) is 1. The van der Waals surface area contributed by atoms with Gasteiger partial charge >= 0.3 is 0 Å². The molecule has 0 saturated carbocycles. The SMILES string of the molecule is COc1c(C(C#N)=C(C#N)C#N)cc(CC(C)C)c(CCCl)c1N. The smallest absolute Gasteiger partial charge is 0.150 e. The Morgan fingerprint density at radius 3 is 2.29 bits per heavy atom. The summed E-state index contributed by atoms with van der Waals surface area (Å²) in [5.74, 6) is 1.06. The van der Waals surface area contributed by atoms with Crippen molar-refractivity contribution in [3.8, 4) is 24.0 Å². The lowest BCUT2D eigenvalue weighted by Crippen LogP contribution is -2.09. The summed E-state index contributed by atoms with van der Waals surface area (Å²) in [5, 5.41) is 27.6. The number of nitrogens with zero attached hydrogens (tertiary/aromatic N) is 3. The van der Waals surface area contributed by atoms with Crippen LogP contribution in [0.5, 0.6) is 5.75 Å². The third-order valence-electron chi connectivity index (χ3n) is 3.55. The summed E-state index contributed by atoms with van der Waals surface area (Å²) in [5.41, 5.74) is 8.54. The first-order valence-electron chi connectivity index (χ1n) is 7.44. The monoisotopic (exact) mass is 342 g/mol. The molecule has 0 atom stereocenters. The summed E-state index contributed by atoms with van der Waals surface area (Å²) in [6.07, 6.45) is 1.31. The topological polar surface area (TPSA) is 107 Å². The summed E-state index contributed by atoms with van der Waals surface area (Å²) in [6, 6.07) is 7.21. The largest absolute Gasteiger partial charge is 0.494 e. The number of nitrogen functional groups attached to an aromatic ring is 1. The zero-order chi connectivity index (χ0) is 18.3. The summed E-state index contributed by atoms with van der Waals surface area (Å²) in [4.78, 5) is 0. The zero-order valence-corrected chi connectivity index (χ0v) is 14.7. The van der Waals surface area contributed by atoms with Gasteiger partial charge in [-0.05, 0) is 36.0 Å². The highest BCUT2D eigenvalue weighted by atomic mass is 35.5. The van der Waals surface area contributed by atoms with E-state index in [1.54, 1.807) is 18.2 Å². The number of halogens is 1. The van der Waals surface area contributed by atoms with Crippen molar-refractivity contribution in [3.05, 3.63) is 28.3 Å². The van der Waals surface area contributed by atoms with E-state index < -0.39 is 0 Å². The standard InChI is InChI=1S/C18H19ClN4O/c1-11(2)6-12-7-15(16(10-22)13(8-20)9-21)18(24-3)17(23)14(12)4-5-19/h7,11H,4-6,23H2,1-3H3. The van der Waals surface area contributed by atoms with Crippen LogP contribution >= 0.6 is 11.6 Å². The van der Waals surface area contributed by atoms with Gasteiger partial charge in [-0.15, -0.1) is 11.6 Å². The van der Waals surface area contributed by atoms with Crippen LogP contribution < -0.4 is 10.5 Å². The molecule has 2 N–H and O–H groups in total. The van der Waals surface area contributed by atoms with Crippen LogP contribution in [-0.4, -0.2) is 13.0 Å². The number of allylic oxidation sites excluding steroid dienone is 2. The molecule has 1 aromatic rings. The van der Waals surface area contributed by atoms with E-state index >= 15 is 0 Å². The number of ether oxygens (including phenoxy) is 1. The molecule has 0 amide bonds. The third kappa shape index (κ3) is 3.99. The van der Waals surface area contributed by atoms with Crippen molar-refractivity contribution in [2.45, 2.75) is 26.7 Å². The van der Waals surface area contributed by atoms with Gasteiger partial charge in [-0.3, -0.25) is 0 Å². The van der Waals surface area contributed by atoms with Crippen LogP contribution in [0.15, 0.2) is 11.6 Å². The van der Waals surface area contributed by atoms with Gasteiger partial charge in [0.15, 0.2) is 5.75 Å². The minimum Gasteiger partial charge on any atom is -0.494 e. The van der Waals surface area contributed by atoms with Crippen molar-refractivity contribution in [2.75, 3.05) is 18.7 Å². The Labute approximate surface area is 147 Å². The Kier molecular flexibility index (Phi) is 7.12. The van der Waals surface area contributed by atoms with Crippen molar-refractivity contribution in [3.63, 3.8) is 0 Å². The molecule has 0 aliphatic heterocycles. The van der Waals surface area contributed by atoms with Gasteiger partial charge in [0.1, 0.15) is 23.8 Å². The number of nitriles is 3. The van der Waals surface area contributed by atoms with Crippen LogP contribution in [0.3, 0.4) is 0 Å². The molecule has 124 valence electrons. The van der Waals surface area contributed by atoms with Crippen molar-refractivity contribution in [1.29, 1.82) is 15.8 Å². The fraction of sp³-hybridized carbons (Fsp3) is 0.389. The van der Waals surface area contributed by atoms with E-state index in [2.05, 4.69) is 13.8 Å². The van der Waals surface area contributed by atoms with Crippen molar-refractivity contribution in [1.82, 2.24) is 0 Å². The third-order valence-corrected chi connectivity index (χ3v) is 3.74. The van der Waals surface area contributed by atoms with Crippen LogP contribution in [0.4, 0.5) is 5.69 Å². The fourth-order valence-corrected chi connectivity index (χ4v) is 2.78. The van der Waals surface area contributed by atoms with Gasteiger partial charge in [0.25, 0.3) is 0 Å². The normalized spacial score (nSPS) is 9.75. The highest BCUT2D eigenvalue weighted by Gasteiger charge is 2.21. The highest BCUT2D eigenvalue weighted by molar-refractivity contribution is 6.18. The van der Waals surface area contributed by atoms with Crippen LogP contribution in [0.25, 0.3) is 5.57 Å². The highest BCUT2D eigenvalue weighted by Crippen LogP contribution is 2.38. The van der Waals surface area contributed by atoms with Gasteiger partial charge in [-0.1, -0.05) is 13.8 Å². The molecule has 0 spiro atoms. The van der Waals surface area contributed by atoms with Gasteiger partial charge in [0.2, 0.25) is 0 Å². The lowest BCUT2D eigenvalue weighted by Gasteiger charge is -2.19. The van der Waals surface area contributed by atoms with Crippen LogP contribution in [0.1, 0.15) is 30.5 Å². The Hall–Kier alpha value is -2.68. The molecule has 0 aromatic heterocycles. The maximum Gasteiger partial charge on any atom is 0.150 e. The van der Waals surface area contributed by atoms with Gasteiger partial charge in [-0.2, -0.15) is 15.8 Å².